The van der Waals surface area contributed by atoms with E-state index in [0.717, 1.165) is 18.8 Å². The molecule has 3 heterocycles. The van der Waals surface area contributed by atoms with Crippen LogP contribution in [0.5, 0.6) is 0 Å². The topological polar surface area (TPSA) is 21.1 Å². The third-order valence-electron chi connectivity index (χ3n) is 5.32. The highest BCUT2D eigenvalue weighted by molar-refractivity contribution is 5.92. The van der Waals surface area contributed by atoms with Gasteiger partial charge in [0.05, 0.1) is 11.6 Å². The fourth-order valence-electron chi connectivity index (χ4n) is 4.24. The molecule has 0 spiro atoms. The van der Waals surface area contributed by atoms with Crippen molar-refractivity contribution in [3.05, 3.63) is 59.4 Å². The summed E-state index contributed by atoms with van der Waals surface area (Å²) >= 11 is 0. The number of rotatable bonds is 2. The number of benzene rings is 1. The number of nitrogens with zero attached hydrogens (tertiary/aromatic N) is 3. The largest absolute Gasteiger partial charge is 0.349 e. The lowest BCUT2D eigenvalue weighted by atomic mass is 9.93. The Morgan fingerprint density at radius 3 is 2.68 bits per heavy atom. The molecule has 0 amide bonds. The van der Waals surface area contributed by atoms with Gasteiger partial charge in [0, 0.05) is 29.9 Å². The van der Waals surface area contributed by atoms with Gasteiger partial charge in [0.1, 0.15) is 5.82 Å². The van der Waals surface area contributed by atoms with Crippen molar-refractivity contribution in [3.8, 4) is 0 Å². The van der Waals surface area contributed by atoms with Gasteiger partial charge in [-0.25, -0.2) is 4.98 Å². The maximum absolute atomic E-state index is 4.78. The molecular weight excluding hydrogens is 330 g/mol. The molecule has 1 unspecified atom stereocenters. The predicted octanol–water partition coefficient (Wildman–Crippen LogP) is 5.47. The summed E-state index contributed by atoms with van der Waals surface area (Å²) in [6, 6.07) is 14.1. The fourth-order valence-corrected chi connectivity index (χ4v) is 4.24. The maximum Gasteiger partial charge on any atom is 0.138 e. The van der Waals surface area contributed by atoms with Gasteiger partial charge in [0.15, 0.2) is 0 Å². The van der Waals surface area contributed by atoms with Gasteiger partial charge in [-0.3, -0.25) is 0 Å². The van der Waals surface area contributed by atoms with Crippen molar-refractivity contribution < 1.29 is 0 Å². The van der Waals surface area contributed by atoms with Crippen LogP contribution in [0.2, 0.25) is 0 Å². The van der Waals surface area contributed by atoms with Gasteiger partial charge in [0.2, 0.25) is 0 Å². The number of anilines is 1. The second-order valence-electron chi connectivity index (χ2n) is 7.14. The zero-order valence-electron chi connectivity index (χ0n) is 15.4. The Morgan fingerprint density at radius 1 is 1.16 bits per heavy atom. The van der Waals surface area contributed by atoms with Crippen LogP contribution in [0.4, 0.5) is 5.82 Å². The van der Waals surface area contributed by atoms with Crippen LogP contribution >= 0.6 is 12.4 Å². The lowest BCUT2D eigenvalue weighted by Crippen LogP contribution is -2.34. The number of aromatic nitrogens is 2. The van der Waals surface area contributed by atoms with Gasteiger partial charge in [0.25, 0.3) is 0 Å². The van der Waals surface area contributed by atoms with E-state index in [9.17, 15) is 0 Å². The molecule has 0 aliphatic carbocycles. The molecule has 2 aromatic heterocycles. The first kappa shape index (κ1) is 17.8. The molecule has 0 saturated heterocycles. The molecule has 0 fully saturated rings. The molecule has 0 saturated carbocycles. The van der Waals surface area contributed by atoms with Crippen LogP contribution in [-0.2, 0) is 6.42 Å². The van der Waals surface area contributed by atoms with Gasteiger partial charge < -0.3 is 9.47 Å². The van der Waals surface area contributed by atoms with E-state index in [0.29, 0.717) is 12.1 Å². The maximum atomic E-state index is 4.78. The van der Waals surface area contributed by atoms with E-state index in [4.69, 9.17) is 4.98 Å². The Kier molecular flexibility index (Phi) is 4.79. The molecule has 1 atom stereocenters. The molecule has 1 aliphatic heterocycles. The summed E-state index contributed by atoms with van der Waals surface area (Å²) in [5.74, 6) is 1.12. The molecule has 3 nitrogen and oxygen atoms in total. The Hall–Kier alpha value is -2.00. The van der Waals surface area contributed by atoms with Crippen LogP contribution in [-0.4, -0.2) is 16.1 Å². The number of hydrogen-bond donors (Lipinski definition) is 0. The van der Waals surface area contributed by atoms with E-state index >= 15 is 0 Å². The zero-order valence-corrected chi connectivity index (χ0v) is 16.2. The Morgan fingerprint density at radius 2 is 1.92 bits per heavy atom. The number of aryl methyl sites for hydroxylation is 1. The van der Waals surface area contributed by atoms with Gasteiger partial charge in [-0.15, -0.1) is 12.4 Å². The van der Waals surface area contributed by atoms with Crippen LogP contribution in [0.3, 0.4) is 0 Å². The average Bonchev–Trinajstić information content (AvgIpc) is 2.91. The lowest BCUT2D eigenvalue weighted by Gasteiger charge is -2.36. The van der Waals surface area contributed by atoms with Gasteiger partial charge in [-0.1, -0.05) is 24.3 Å². The molecule has 4 rings (SSSR count). The normalized spacial score (nSPS) is 16.8. The number of hydrogen-bond acceptors (Lipinski definition) is 2. The van der Waals surface area contributed by atoms with E-state index in [-0.39, 0.29) is 12.4 Å². The van der Waals surface area contributed by atoms with Crippen molar-refractivity contribution in [2.45, 2.75) is 46.2 Å². The highest BCUT2D eigenvalue weighted by Gasteiger charge is 2.26. The van der Waals surface area contributed by atoms with Crippen LogP contribution in [0.25, 0.3) is 10.9 Å². The molecule has 1 aliphatic rings. The molecule has 0 bridgehead atoms. The zero-order chi connectivity index (χ0) is 16.8. The summed E-state index contributed by atoms with van der Waals surface area (Å²) < 4.78 is 2.41. The Bertz CT molecular complexity index is 897. The number of fused-ring (bicyclic) bond motifs is 2. The standard InChI is InChI=1S/C21H25N3.ClH/c1-14(2)24-15(3)13-19-20(24)9-11-22-21(19)23-12-10-17-7-5-6-8-18(17)16(23)4;/h5-9,11,13-14,16H,10,12H2,1-4H3;1H. The number of pyridine rings is 1. The third-order valence-corrected chi connectivity index (χ3v) is 5.32. The molecule has 25 heavy (non-hydrogen) atoms. The average molecular weight is 356 g/mol. The minimum absolute atomic E-state index is 0. The van der Waals surface area contributed by atoms with Crippen molar-refractivity contribution in [3.63, 3.8) is 0 Å². The van der Waals surface area contributed by atoms with Crippen molar-refractivity contribution >= 4 is 29.1 Å². The van der Waals surface area contributed by atoms with E-state index < -0.39 is 0 Å². The second kappa shape index (κ2) is 6.72. The minimum atomic E-state index is 0. The molecule has 0 radical (unpaired) electrons. The fraction of sp³-hybridized carbons (Fsp3) is 0.381. The predicted molar refractivity (Wildman–Crippen MR) is 108 cm³/mol. The van der Waals surface area contributed by atoms with E-state index in [1.54, 1.807) is 0 Å². The molecule has 0 N–H and O–H groups in total. The summed E-state index contributed by atoms with van der Waals surface area (Å²) in [6.07, 6.45) is 3.05. The van der Waals surface area contributed by atoms with Crippen molar-refractivity contribution in [1.82, 2.24) is 9.55 Å². The summed E-state index contributed by atoms with van der Waals surface area (Å²) in [5, 5.41) is 1.27. The smallest absolute Gasteiger partial charge is 0.138 e. The van der Waals surface area contributed by atoms with Crippen molar-refractivity contribution in [2.24, 2.45) is 0 Å². The summed E-state index contributed by atoms with van der Waals surface area (Å²) in [6.45, 7) is 10.00. The Labute approximate surface area is 156 Å². The SMILES string of the molecule is Cc1cc2c(N3CCc4ccccc4C3C)nccc2n1C(C)C.Cl. The summed E-state index contributed by atoms with van der Waals surface area (Å²) in [7, 11) is 0. The van der Waals surface area contributed by atoms with E-state index in [1.807, 2.05) is 6.20 Å². The summed E-state index contributed by atoms with van der Waals surface area (Å²) in [4.78, 5) is 7.25. The van der Waals surface area contributed by atoms with E-state index in [2.05, 4.69) is 73.6 Å². The summed E-state index contributed by atoms with van der Waals surface area (Å²) in [5.41, 5.74) is 5.50. The quantitative estimate of drug-likeness (QED) is 0.607. The Balaban J connectivity index is 0.00000182. The highest BCUT2D eigenvalue weighted by Crippen LogP contribution is 2.37. The lowest BCUT2D eigenvalue weighted by molar-refractivity contribution is 0.607. The van der Waals surface area contributed by atoms with Crippen LogP contribution in [0.15, 0.2) is 42.6 Å². The number of halogens is 1. The van der Waals surface area contributed by atoms with Crippen molar-refractivity contribution in [2.75, 3.05) is 11.4 Å². The highest BCUT2D eigenvalue weighted by atomic mass is 35.5. The van der Waals surface area contributed by atoms with Gasteiger partial charge in [-0.05, 0) is 57.4 Å². The molecular formula is C21H26ClN3. The first-order valence-corrected chi connectivity index (χ1v) is 8.89. The van der Waals surface area contributed by atoms with Gasteiger partial charge >= 0.3 is 0 Å². The first-order chi connectivity index (χ1) is 11.6. The third kappa shape index (κ3) is 2.81. The molecule has 4 heteroatoms. The molecule has 3 aromatic rings. The monoisotopic (exact) mass is 355 g/mol. The minimum Gasteiger partial charge on any atom is -0.349 e. The second-order valence-corrected chi connectivity index (χ2v) is 7.14. The van der Waals surface area contributed by atoms with Crippen molar-refractivity contribution in [1.29, 1.82) is 0 Å². The molecule has 132 valence electrons. The molecule has 1 aromatic carbocycles. The van der Waals surface area contributed by atoms with Crippen LogP contribution in [0.1, 0.15) is 49.7 Å². The van der Waals surface area contributed by atoms with Crippen LogP contribution < -0.4 is 4.90 Å². The van der Waals surface area contributed by atoms with Crippen LogP contribution in [0, 0.1) is 6.92 Å². The van der Waals surface area contributed by atoms with E-state index in [1.165, 1.54) is 27.7 Å². The first-order valence-electron chi connectivity index (χ1n) is 8.89. The van der Waals surface area contributed by atoms with Gasteiger partial charge in [-0.2, -0.15) is 0 Å².